The van der Waals surface area contributed by atoms with Crippen LogP contribution < -0.4 is 9.47 Å². The largest absolute Gasteiger partial charge is 0.497 e. The molecule has 0 aliphatic carbocycles. The van der Waals surface area contributed by atoms with Crippen LogP contribution in [0, 0.1) is 9.39 Å². The normalized spacial score (nSPS) is 12.1. The van der Waals surface area contributed by atoms with Crippen molar-refractivity contribution >= 4 is 38.5 Å². The minimum Gasteiger partial charge on any atom is -0.497 e. The fraction of sp³-hybridized carbons (Fsp3) is 0.200. The first kappa shape index (κ1) is 15.6. The van der Waals surface area contributed by atoms with Crippen LogP contribution in [0.25, 0.3) is 0 Å². The molecular weight excluding hydrogens is 438 g/mol. The molecule has 5 heteroatoms. The lowest BCUT2D eigenvalue weighted by atomic mass is 10.0. The van der Waals surface area contributed by atoms with E-state index >= 15 is 0 Å². The first-order chi connectivity index (χ1) is 9.56. The fourth-order valence-electron chi connectivity index (χ4n) is 1.90. The van der Waals surface area contributed by atoms with Gasteiger partial charge in [-0.2, -0.15) is 0 Å². The molecule has 106 valence electrons. The SMILES string of the molecule is COc1ccc(C(Br)c2ccc(F)cc2I)c(OC)c1. The summed E-state index contributed by atoms with van der Waals surface area (Å²) < 4.78 is 24.7. The second kappa shape index (κ2) is 6.76. The number of alkyl halides is 1. The Balaban J connectivity index is 2.44. The third-order valence-electron chi connectivity index (χ3n) is 2.95. The van der Waals surface area contributed by atoms with Gasteiger partial charge in [-0.25, -0.2) is 4.39 Å². The monoisotopic (exact) mass is 450 g/mol. The predicted molar refractivity (Wildman–Crippen MR) is 89.4 cm³/mol. The van der Waals surface area contributed by atoms with Crippen LogP contribution in [0.15, 0.2) is 36.4 Å². The molecule has 0 aliphatic rings. The van der Waals surface area contributed by atoms with Gasteiger partial charge in [0, 0.05) is 15.2 Å². The Kier molecular flexibility index (Phi) is 5.26. The maximum atomic E-state index is 13.2. The molecule has 1 atom stereocenters. The molecule has 0 amide bonds. The summed E-state index contributed by atoms with van der Waals surface area (Å²) in [6.07, 6.45) is 0. The summed E-state index contributed by atoms with van der Waals surface area (Å²) in [6, 6.07) is 10.4. The van der Waals surface area contributed by atoms with Crippen molar-refractivity contribution in [2.75, 3.05) is 14.2 Å². The summed E-state index contributed by atoms with van der Waals surface area (Å²) in [5.41, 5.74) is 1.97. The third kappa shape index (κ3) is 3.25. The van der Waals surface area contributed by atoms with Crippen molar-refractivity contribution in [2.45, 2.75) is 4.83 Å². The van der Waals surface area contributed by atoms with E-state index in [1.54, 1.807) is 20.3 Å². The van der Waals surface area contributed by atoms with Gasteiger partial charge in [0.15, 0.2) is 0 Å². The molecule has 0 aromatic heterocycles. The highest BCUT2D eigenvalue weighted by Crippen LogP contribution is 2.39. The highest BCUT2D eigenvalue weighted by molar-refractivity contribution is 14.1. The molecule has 2 aromatic carbocycles. The van der Waals surface area contributed by atoms with E-state index in [9.17, 15) is 4.39 Å². The molecule has 0 saturated heterocycles. The van der Waals surface area contributed by atoms with Crippen molar-refractivity contribution < 1.29 is 13.9 Å². The molecule has 2 aromatic rings. The molecule has 1 unspecified atom stereocenters. The van der Waals surface area contributed by atoms with Crippen LogP contribution in [-0.4, -0.2) is 14.2 Å². The molecule has 0 heterocycles. The van der Waals surface area contributed by atoms with Crippen molar-refractivity contribution in [3.8, 4) is 11.5 Å². The van der Waals surface area contributed by atoms with Gasteiger partial charge in [0.25, 0.3) is 0 Å². The molecular formula is C15H13BrFIO2. The maximum absolute atomic E-state index is 13.2. The molecule has 0 aliphatic heterocycles. The van der Waals surface area contributed by atoms with E-state index in [1.807, 2.05) is 18.2 Å². The van der Waals surface area contributed by atoms with Crippen molar-refractivity contribution in [3.63, 3.8) is 0 Å². The van der Waals surface area contributed by atoms with Gasteiger partial charge in [0.1, 0.15) is 17.3 Å². The van der Waals surface area contributed by atoms with E-state index in [2.05, 4.69) is 38.5 Å². The molecule has 2 nitrogen and oxygen atoms in total. The highest BCUT2D eigenvalue weighted by atomic mass is 127. The number of halogens is 3. The number of rotatable bonds is 4. The smallest absolute Gasteiger partial charge is 0.127 e. The third-order valence-corrected chi connectivity index (χ3v) is 4.87. The number of methoxy groups -OCH3 is 2. The second-order valence-corrected chi connectivity index (χ2v) is 6.21. The molecule has 0 radical (unpaired) electrons. The summed E-state index contributed by atoms with van der Waals surface area (Å²) in [5, 5.41) is 0. The summed E-state index contributed by atoms with van der Waals surface area (Å²) in [5.74, 6) is 1.23. The van der Waals surface area contributed by atoms with Crippen LogP contribution in [0.3, 0.4) is 0 Å². The number of benzene rings is 2. The van der Waals surface area contributed by atoms with Crippen LogP contribution in [0.2, 0.25) is 0 Å². The Hall–Kier alpha value is -0.820. The van der Waals surface area contributed by atoms with Crippen LogP contribution in [0.1, 0.15) is 16.0 Å². The number of ether oxygens (including phenoxy) is 2. The quantitative estimate of drug-likeness (QED) is 0.485. The van der Waals surface area contributed by atoms with Crippen molar-refractivity contribution in [1.29, 1.82) is 0 Å². The van der Waals surface area contributed by atoms with Crippen molar-refractivity contribution in [1.82, 2.24) is 0 Å². The average molecular weight is 451 g/mol. The van der Waals surface area contributed by atoms with E-state index in [0.717, 1.165) is 26.2 Å². The van der Waals surface area contributed by atoms with Gasteiger partial charge in [0.2, 0.25) is 0 Å². The summed E-state index contributed by atoms with van der Waals surface area (Å²) >= 11 is 5.79. The van der Waals surface area contributed by atoms with E-state index in [0.29, 0.717) is 0 Å². The van der Waals surface area contributed by atoms with Gasteiger partial charge < -0.3 is 9.47 Å². The average Bonchev–Trinajstić information content (AvgIpc) is 2.46. The zero-order valence-electron chi connectivity index (χ0n) is 11.0. The minimum absolute atomic E-state index is 0.0733. The highest BCUT2D eigenvalue weighted by Gasteiger charge is 2.18. The summed E-state index contributed by atoms with van der Waals surface area (Å²) in [6.45, 7) is 0. The number of hydrogen-bond acceptors (Lipinski definition) is 2. The fourth-order valence-corrected chi connectivity index (χ4v) is 3.90. The molecule has 20 heavy (non-hydrogen) atoms. The Morgan fingerprint density at radius 2 is 1.75 bits per heavy atom. The standard InChI is InChI=1S/C15H13BrFIO2/c1-19-10-4-6-12(14(8-10)20-2)15(16)11-5-3-9(17)7-13(11)18/h3-8,15H,1-2H3. The Morgan fingerprint density at radius 3 is 2.35 bits per heavy atom. The Bertz CT molecular complexity index is 619. The van der Waals surface area contributed by atoms with Gasteiger partial charge in [-0.05, 0) is 46.4 Å². The van der Waals surface area contributed by atoms with E-state index in [4.69, 9.17) is 9.47 Å². The van der Waals surface area contributed by atoms with Crippen molar-refractivity contribution in [2.24, 2.45) is 0 Å². The van der Waals surface area contributed by atoms with E-state index in [-0.39, 0.29) is 10.6 Å². The summed E-state index contributed by atoms with van der Waals surface area (Å²) in [7, 11) is 3.23. The summed E-state index contributed by atoms with van der Waals surface area (Å²) in [4.78, 5) is -0.0733. The molecule has 0 N–H and O–H groups in total. The van der Waals surface area contributed by atoms with Gasteiger partial charge in [-0.3, -0.25) is 0 Å². The second-order valence-electron chi connectivity index (χ2n) is 4.14. The lowest BCUT2D eigenvalue weighted by molar-refractivity contribution is 0.391. The Morgan fingerprint density at radius 1 is 1.05 bits per heavy atom. The van der Waals surface area contributed by atoms with Crippen LogP contribution >= 0.6 is 38.5 Å². The first-order valence-corrected chi connectivity index (χ1v) is 7.87. The molecule has 0 spiro atoms. The van der Waals surface area contributed by atoms with Gasteiger partial charge in [0.05, 0.1) is 19.0 Å². The maximum Gasteiger partial charge on any atom is 0.127 e. The topological polar surface area (TPSA) is 18.5 Å². The Labute approximate surface area is 139 Å². The zero-order chi connectivity index (χ0) is 14.7. The van der Waals surface area contributed by atoms with E-state index < -0.39 is 0 Å². The predicted octanol–water partition coefficient (Wildman–Crippen LogP) is 4.93. The molecule has 0 fully saturated rings. The molecule has 2 rings (SSSR count). The van der Waals surface area contributed by atoms with E-state index in [1.165, 1.54) is 12.1 Å². The lowest BCUT2D eigenvalue weighted by Gasteiger charge is -2.17. The van der Waals surface area contributed by atoms with Gasteiger partial charge >= 0.3 is 0 Å². The van der Waals surface area contributed by atoms with Crippen LogP contribution in [-0.2, 0) is 0 Å². The number of hydrogen-bond donors (Lipinski definition) is 0. The lowest BCUT2D eigenvalue weighted by Crippen LogP contribution is -2.00. The molecule has 0 bridgehead atoms. The van der Waals surface area contributed by atoms with Gasteiger partial charge in [-0.1, -0.05) is 28.1 Å². The molecule has 0 saturated carbocycles. The first-order valence-electron chi connectivity index (χ1n) is 5.87. The van der Waals surface area contributed by atoms with Gasteiger partial charge in [-0.15, -0.1) is 0 Å². The zero-order valence-corrected chi connectivity index (χ0v) is 14.7. The minimum atomic E-state index is -0.237. The van der Waals surface area contributed by atoms with Crippen molar-refractivity contribution in [3.05, 3.63) is 56.9 Å². The van der Waals surface area contributed by atoms with Crippen LogP contribution in [0.4, 0.5) is 4.39 Å². The van der Waals surface area contributed by atoms with Crippen LogP contribution in [0.5, 0.6) is 11.5 Å².